The van der Waals surface area contributed by atoms with Gasteiger partial charge < -0.3 is 15.5 Å². The lowest BCUT2D eigenvalue weighted by atomic mass is 9.48. The van der Waals surface area contributed by atoms with Crippen LogP contribution in [0.4, 0.5) is 10.5 Å². The lowest BCUT2D eigenvalue weighted by molar-refractivity contribution is -0.138. The van der Waals surface area contributed by atoms with E-state index in [1.54, 1.807) is 0 Å². The largest absolute Gasteiger partial charge is 0.338 e. The van der Waals surface area contributed by atoms with Crippen LogP contribution in [0.1, 0.15) is 57.9 Å². The number of carbonyl (C=O) groups is 2. The predicted molar refractivity (Wildman–Crippen MR) is 127 cm³/mol. The van der Waals surface area contributed by atoms with Crippen molar-refractivity contribution in [2.45, 2.75) is 71.4 Å². The summed E-state index contributed by atoms with van der Waals surface area (Å²) in [7, 11) is 1.98. The van der Waals surface area contributed by atoms with Gasteiger partial charge in [0.05, 0.1) is 0 Å². The molecule has 0 bridgehead atoms. The number of nitrogens with zero attached hydrogens (tertiary/aromatic N) is 1. The highest BCUT2D eigenvalue weighted by molar-refractivity contribution is 5.90. The van der Waals surface area contributed by atoms with Crippen LogP contribution in [0.15, 0.2) is 36.4 Å². The molecule has 3 amide bonds. The van der Waals surface area contributed by atoms with Crippen molar-refractivity contribution in [1.29, 1.82) is 0 Å². The van der Waals surface area contributed by atoms with Crippen molar-refractivity contribution in [2.75, 3.05) is 12.4 Å². The van der Waals surface area contributed by atoms with E-state index in [9.17, 15) is 9.59 Å². The fourth-order valence-corrected chi connectivity index (χ4v) is 8.01. The number of carbonyl (C=O) groups excluding carboxylic acids is 2. The number of benzene rings is 1. The first-order valence-electron chi connectivity index (χ1n) is 12.3. The van der Waals surface area contributed by atoms with Gasteiger partial charge in [0.1, 0.15) is 0 Å². The standard InChI is InChI=1S/C27H37N3O2/c1-17-7-5-6-8-21(17)28-25(32)29-22-11-10-19-18-9-12-23-27(3,16-14-24(31)30(23)4)20(18)13-15-26(19,22)2/h5-8,14,16,18-20,22-23H,9-13,15H2,1-4H3,(H2,28,29,32)/t18-,19-,20-,22-,23+,26-,27+/m0/s1. The molecule has 0 unspecified atom stereocenters. The molecule has 3 fully saturated rings. The Morgan fingerprint density at radius 2 is 1.84 bits per heavy atom. The number of amides is 3. The molecule has 1 aliphatic heterocycles. The number of anilines is 1. The number of nitrogens with one attached hydrogen (secondary N) is 2. The van der Waals surface area contributed by atoms with Crippen LogP contribution < -0.4 is 10.6 Å². The molecule has 1 heterocycles. The van der Waals surface area contributed by atoms with E-state index >= 15 is 0 Å². The molecule has 0 aromatic heterocycles. The maximum absolute atomic E-state index is 12.9. The monoisotopic (exact) mass is 435 g/mol. The van der Waals surface area contributed by atoms with Crippen LogP contribution in [-0.4, -0.2) is 36.0 Å². The zero-order valence-electron chi connectivity index (χ0n) is 19.9. The lowest BCUT2D eigenvalue weighted by Crippen LogP contribution is -2.60. The summed E-state index contributed by atoms with van der Waals surface area (Å²) in [4.78, 5) is 27.1. The van der Waals surface area contributed by atoms with E-state index in [4.69, 9.17) is 0 Å². The number of rotatable bonds is 2. The van der Waals surface area contributed by atoms with Gasteiger partial charge in [0.25, 0.3) is 0 Å². The lowest BCUT2D eigenvalue weighted by Gasteiger charge is -2.60. The molecule has 5 heteroatoms. The number of likely N-dealkylation sites (N-methyl/N-ethyl adjacent to an activating group) is 1. The van der Waals surface area contributed by atoms with Crippen molar-refractivity contribution >= 4 is 17.6 Å². The number of hydrogen-bond acceptors (Lipinski definition) is 2. The van der Waals surface area contributed by atoms with E-state index in [0.717, 1.165) is 30.5 Å². The smallest absolute Gasteiger partial charge is 0.319 e. The number of hydrogen-bond donors (Lipinski definition) is 2. The van der Waals surface area contributed by atoms with Crippen LogP contribution in [0.25, 0.3) is 0 Å². The summed E-state index contributed by atoms with van der Waals surface area (Å²) in [5.74, 6) is 2.08. The van der Waals surface area contributed by atoms with E-state index in [1.807, 2.05) is 49.2 Å². The highest BCUT2D eigenvalue weighted by Crippen LogP contribution is 2.63. The Morgan fingerprint density at radius 3 is 2.62 bits per heavy atom. The maximum Gasteiger partial charge on any atom is 0.319 e. The molecular formula is C27H37N3O2. The number of fused-ring (bicyclic) bond motifs is 5. The van der Waals surface area contributed by atoms with Crippen LogP contribution in [-0.2, 0) is 4.79 Å². The number of para-hydroxylation sites is 1. The van der Waals surface area contributed by atoms with Gasteiger partial charge >= 0.3 is 6.03 Å². The Hall–Kier alpha value is -2.30. The third-order valence-electron chi connectivity index (χ3n) is 9.83. The zero-order chi connectivity index (χ0) is 22.7. The van der Waals surface area contributed by atoms with Gasteiger partial charge in [0.2, 0.25) is 5.91 Å². The summed E-state index contributed by atoms with van der Waals surface area (Å²) in [5, 5.41) is 6.41. The molecule has 0 radical (unpaired) electrons. The second-order valence-corrected chi connectivity index (χ2v) is 11.2. The van der Waals surface area contributed by atoms with Crippen molar-refractivity contribution in [3.63, 3.8) is 0 Å². The maximum atomic E-state index is 12.9. The molecule has 5 rings (SSSR count). The van der Waals surface area contributed by atoms with Crippen LogP contribution >= 0.6 is 0 Å². The zero-order valence-corrected chi connectivity index (χ0v) is 19.9. The number of urea groups is 1. The molecular weight excluding hydrogens is 398 g/mol. The van der Waals surface area contributed by atoms with E-state index in [-0.39, 0.29) is 28.8 Å². The highest BCUT2D eigenvalue weighted by Gasteiger charge is 2.60. The Morgan fingerprint density at radius 1 is 1.06 bits per heavy atom. The summed E-state index contributed by atoms with van der Waals surface area (Å²) in [6.45, 7) is 6.82. The third kappa shape index (κ3) is 3.19. The third-order valence-corrected chi connectivity index (χ3v) is 9.83. The van der Waals surface area contributed by atoms with E-state index in [1.165, 1.54) is 19.3 Å². The van der Waals surface area contributed by atoms with Gasteiger partial charge in [-0.05, 0) is 86.3 Å². The van der Waals surface area contributed by atoms with Gasteiger partial charge in [0.15, 0.2) is 0 Å². The van der Waals surface area contributed by atoms with Gasteiger partial charge in [-0.2, -0.15) is 0 Å². The molecule has 172 valence electrons. The Bertz CT molecular complexity index is 958. The molecule has 2 N–H and O–H groups in total. The fraction of sp³-hybridized carbons (Fsp3) is 0.630. The van der Waals surface area contributed by atoms with Gasteiger partial charge in [-0.25, -0.2) is 4.79 Å². The quantitative estimate of drug-likeness (QED) is 0.677. The average Bonchev–Trinajstić information content (AvgIpc) is 3.09. The number of aryl methyl sites for hydroxylation is 1. The molecule has 3 aliphatic carbocycles. The molecule has 3 saturated carbocycles. The molecule has 4 aliphatic rings. The second kappa shape index (κ2) is 7.64. The summed E-state index contributed by atoms with van der Waals surface area (Å²) in [5.41, 5.74) is 2.17. The molecule has 1 aromatic carbocycles. The topological polar surface area (TPSA) is 61.4 Å². The first-order valence-corrected chi connectivity index (χ1v) is 12.3. The summed E-state index contributed by atoms with van der Waals surface area (Å²) in [6.07, 6.45) is 10.9. The van der Waals surface area contributed by atoms with E-state index in [2.05, 4.69) is 30.6 Å². The van der Waals surface area contributed by atoms with Crippen molar-refractivity contribution < 1.29 is 9.59 Å². The average molecular weight is 436 g/mol. The molecule has 0 saturated heterocycles. The van der Waals surface area contributed by atoms with Crippen LogP contribution in [0.5, 0.6) is 0 Å². The van der Waals surface area contributed by atoms with Gasteiger partial charge in [0, 0.05) is 30.2 Å². The minimum atomic E-state index is -0.0840. The molecule has 7 atom stereocenters. The first-order chi connectivity index (χ1) is 15.2. The first kappa shape index (κ1) is 21.5. The minimum absolute atomic E-state index is 0.0701. The highest BCUT2D eigenvalue weighted by atomic mass is 16.2. The molecule has 32 heavy (non-hydrogen) atoms. The predicted octanol–water partition coefficient (Wildman–Crippen LogP) is 5.12. The fourth-order valence-electron chi connectivity index (χ4n) is 8.01. The Labute approximate surface area is 192 Å². The van der Waals surface area contributed by atoms with E-state index in [0.29, 0.717) is 23.8 Å². The van der Waals surface area contributed by atoms with Crippen molar-refractivity contribution in [1.82, 2.24) is 10.2 Å². The molecule has 5 nitrogen and oxygen atoms in total. The van der Waals surface area contributed by atoms with Crippen molar-refractivity contribution in [3.8, 4) is 0 Å². The van der Waals surface area contributed by atoms with Crippen LogP contribution in [0.2, 0.25) is 0 Å². The Kier molecular flexibility index (Phi) is 5.14. The Balaban J connectivity index is 1.32. The summed E-state index contributed by atoms with van der Waals surface area (Å²) < 4.78 is 0. The SMILES string of the molecule is Cc1ccccc1NC(=O)N[C@H]1CC[C@H]2[C@@H]3CC[C@H]4N(C)C(=O)C=C[C@]4(C)[C@H]3CC[C@]12C. The van der Waals surface area contributed by atoms with Gasteiger partial charge in [-0.3, -0.25) is 4.79 Å². The van der Waals surface area contributed by atoms with Crippen LogP contribution in [0, 0.1) is 35.5 Å². The van der Waals surface area contributed by atoms with Gasteiger partial charge in [-0.1, -0.05) is 38.1 Å². The molecule has 0 spiro atoms. The van der Waals surface area contributed by atoms with Crippen molar-refractivity contribution in [2.24, 2.45) is 28.6 Å². The second-order valence-electron chi connectivity index (χ2n) is 11.2. The van der Waals surface area contributed by atoms with Crippen molar-refractivity contribution in [3.05, 3.63) is 42.0 Å². The van der Waals surface area contributed by atoms with E-state index < -0.39 is 0 Å². The molecule has 1 aromatic rings. The normalized spacial score (nSPS) is 40.3. The van der Waals surface area contributed by atoms with Gasteiger partial charge in [-0.15, -0.1) is 0 Å². The summed E-state index contributed by atoms with van der Waals surface area (Å²) in [6, 6.07) is 8.38. The minimum Gasteiger partial charge on any atom is -0.338 e. The van der Waals surface area contributed by atoms with Crippen LogP contribution in [0.3, 0.4) is 0 Å². The summed E-state index contributed by atoms with van der Waals surface area (Å²) >= 11 is 0.